The molecule has 0 radical (unpaired) electrons. The highest BCUT2D eigenvalue weighted by molar-refractivity contribution is 5.85. The zero-order valence-corrected chi connectivity index (χ0v) is 12.9. The van der Waals surface area contributed by atoms with E-state index in [2.05, 4.69) is 15.3 Å². The van der Waals surface area contributed by atoms with Crippen LogP contribution in [0.1, 0.15) is 19.7 Å². The Labute approximate surface area is 122 Å². The van der Waals surface area contributed by atoms with Gasteiger partial charge in [0.15, 0.2) is 5.65 Å². The van der Waals surface area contributed by atoms with Gasteiger partial charge < -0.3 is 10.3 Å². The summed E-state index contributed by atoms with van der Waals surface area (Å²) < 4.78 is 2.67. The summed E-state index contributed by atoms with van der Waals surface area (Å²) in [5.41, 5.74) is 0.156. The van der Waals surface area contributed by atoms with Crippen molar-refractivity contribution in [3.8, 4) is 0 Å². The molecule has 0 saturated heterocycles. The van der Waals surface area contributed by atoms with Crippen molar-refractivity contribution in [2.45, 2.75) is 26.9 Å². The molecule has 0 fully saturated rings. The van der Waals surface area contributed by atoms with E-state index in [9.17, 15) is 9.59 Å². The summed E-state index contributed by atoms with van der Waals surface area (Å²) in [6.07, 6.45) is 0. The van der Waals surface area contributed by atoms with Crippen LogP contribution in [0.2, 0.25) is 0 Å². The minimum atomic E-state index is -0.338. The van der Waals surface area contributed by atoms with Crippen molar-refractivity contribution < 1.29 is 0 Å². The van der Waals surface area contributed by atoms with Crippen molar-refractivity contribution in [2.75, 3.05) is 7.05 Å². The highest BCUT2D eigenvalue weighted by Crippen LogP contribution is 2.07. The number of halogens is 1. The Morgan fingerprint density at radius 2 is 2.00 bits per heavy atom. The van der Waals surface area contributed by atoms with Crippen LogP contribution in [0.15, 0.2) is 9.59 Å². The molecular formula is C12H20ClN5O2. The van der Waals surface area contributed by atoms with E-state index in [0.29, 0.717) is 36.0 Å². The summed E-state index contributed by atoms with van der Waals surface area (Å²) in [5, 5.41) is 2.96. The van der Waals surface area contributed by atoms with Crippen LogP contribution in [0.4, 0.5) is 0 Å². The molecule has 2 rings (SSSR count). The van der Waals surface area contributed by atoms with Gasteiger partial charge in [-0.1, -0.05) is 13.8 Å². The minimum absolute atomic E-state index is 0. The maximum Gasteiger partial charge on any atom is 0.332 e. The molecule has 0 bridgehead atoms. The van der Waals surface area contributed by atoms with Gasteiger partial charge in [0.2, 0.25) is 0 Å². The Morgan fingerprint density at radius 3 is 2.55 bits per heavy atom. The fourth-order valence-electron chi connectivity index (χ4n) is 2.06. The molecular weight excluding hydrogens is 282 g/mol. The third-order valence-corrected chi connectivity index (χ3v) is 2.92. The van der Waals surface area contributed by atoms with Crippen molar-refractivity contribution in [3.05, 3.63) is 26.7 Å². The zero-order chi connectivity index (χ0) is 14.2. The molecule has 2 N–H and O–H groups in total. The number of nitrogens with one attached hydrogen (secondary N) is 2. The van der Waals surface area contributed by atoms with E-state index in [1.807, 2.05) is 13.8 Å². The van der Waals surface area contributed by atoms with Crippen molar-refractivity contribution in [1.29, 1.82) is 0 Å². The van der Waals surface area contributed by atoms with Crippen molar-refractivity contribution in [2.24, 2.45) is 13.0 Å². The largest absolute Gasteiger partial charge is 0.335 e. The lowest BCUT2D eigenvalue weighted by molar-refractivity contribution is 0.500. The quantitative estimate of drug-likeness (QED) is 0.846. The average molecular weight is 302 g/mol. The first-order chi connectivity index (χ1) is 8.95. The van der Waals surface area contributed by atoms with Crippen LogP contribution < -0.4 is 16.6 Å². The van der Waals surface area contributed by atoms with Crippen molar-refractivity contribution >= 4 is 23.6 Å². The van der Waals surface area contributed by atoms with E-state index in [1.54, 1.807) is 11.6 Å². The van der Waals surface area contributed by atoms with Gasteiger partial charge in [-0.2, -0.15) is 0 Å². The van der Waals surface area contributed by atoms with E-state index < -0.39 is 0 Å². The van der Waals surface area contributed by atoms with Gasteiger partial charge in [0.25, 0.3) is 5.56 Å². The lowest BCUT2D eigenvalue weighted by atomic mass is 10.2. The number of H-pyrrole nitrogens is 1. The zero-order valence-electron chi connectivity index (χ0n) is 12.1. The number of fused-ring (bicyclic) bond motifs is 1. The molecule has 112 valence electrons. The monoisotopic (exact) mass is 301 g/mol. The van der Waals surface area contributed by atoms with E-state index in [0.717, 1.165) is 4.57 Å². The second kappa shape index (κ2) is 6.23. The molecule has 0 saturated carbocycles. The Hall–Kier alpha value is -1.60. The van der Waals surface area contributed by atoms with E-state index in [1.165, 1.54) is 7.05 Å². The molecule has 0 aromatic carbocycles. The van der Waals surface area contributed by atoms with Gasteiger partial charge in [-0.05, 0) is 13.0 Å². The smallest absolute Gasteiger partial charge is 0.332 e. The molecule has 7 nitrogen and oxygen atoms in total. The lowest BCUT2D eigenvalue weighted by Crippen LogP contribution is -2.38. The first-order valence-electron chi connectivity index (χ1n) is 6.28. The fraction of sp³-hybridized carbons (Fsp3) is 0.583. The molecule has 0 unspecified atom stereocenters. The number of hydrogen-bond acceptors (Lipinski definition) is 4. The van der Waals surface area contributed by atoms with Gasteiger partial charge in [0.05, 0.1) is 6.54 Å². The molecule has 8 heteroatoms. The number of hydrogen-bond donors (Lipinski definition) is 2. The predicted octanol–water partition coefficient (Wildman–Crippen LogP) is 0.220. The summed E-state index contributed by atoms with van der Waals surface area (Å²) in [5.74, 6) is 0.945. The molecule has 0 spiro atoms. The Bertz CT molecular complexity index is 713. The van der Waals surface area contributed by atoms with Crippen molar-refractivity contribution in [1.82, 2.24) is 24.4 Å². The minimum Gasteiger partial charge on any atom is -0.335 e. The van der Waals surface area contributed by atoms with Crippen LogP contribution >= 0.6 is 12.4 Å². The second-order valence-electron chi connectivity index (χ2n) is 5.06. The number of aromatic nitrogens is 4. The summed E-state index contributed by atoms with van der Waals surface area (Å²) in [7, 11) is 3.28. The molecule has 2 aromatic heterocycles. The maximum atomic E-state index is 12.2. The summed E-state index contributed by atoms with van der Waals surface area (Å²) in [6.45, 7) is 5.09. The number of imidazole rings is 1. The molecule has 0 aliphatic rings. The number of aromatic amines is 1. The predicted molar refractivity (Wildman–Crippen MR) is 80.4 cm³/mol. The second-order valence-corrected chi connectivity index (χ2v) is 5.06. The standard InChI is InChI=1S/C12H19N5O2.ClH/c1-7(2)6-17-10-9(11(18)16(4)12(17)19)14-8(15-10)5-13-3;/h7,13H,5-6H2,1-4H3,(H,14,15);1H. The van der Waals surface area contributed by atoms with Gasteiger partial charge in [0, 0.05) is 13.6 Å². The molecule has 0 amide bonds. The number of rotatable bonds is 4. The van der Waals surface area contributed by atoms with Crippen LogP contribution in [0, 0.1) is 5.92 Å². The van der Waals surface area contributed by atoms with Gasteiger partial charge >= 0.3 is 5.69 Å². The van der Waals surface area contributed by atoms with Gasteiger partial charge in [-0.25, -0.2) is 9.78 Å². The lowest BCUT2D eigenvalue weighted by Gasteiger charge is -2.10. The van der Waals surface area contributed by atoms with Gasteiger partial charge in [-0.3, -0.25) is 13.9 Å². The Balaban J connectivity index is 0.00000200. The van der Waals surface area contributed by atoms with Crippen LogP contribution in [-0.4, -0.2) is 26.1 Å². The maximum absolute atomic E-state index is 12.2. The fourth-order valence-corrected chi connectivity index (χ4v) is 2.06. The molecule has 0 aliphatic heterocycles. The van der Waals surface area contributed by atoms with Gasteiger partial charge in [0.1, 0.15) is 11.3 Å². The van der Waals surface area contributed by atoms with E-state index in [-0.39, 0.29) is 23.7 Å². The van der Waals surface area contributed by atoms with Crippen LogP contribution in [0.5, 0.6) is 0 Å². The SMILES string of the molecule is CNCc1nc2c([nH]1)c(=O)n(C)c(=O)n2CC(C)C.Cl. The third-order valence-electron chi connectivity index (χ3n) is 2.92. The molecule has 20 heavy (non-hydrogen) atoms. The Kier molecular flexibility index (Phi) is 5.13. The highest BCUT2D eigenvalue weighted by atomic mass is 35.5. The van der Waals surface area contributed by atoms with E-state index >= 15 is 0 Å². The summed E-state index contributed by atoms with van der Waals surface area (Å²) in [4.78, 5) is 31.6. The first-order valence-corrected chi connectivity index (χ1v) is 6.28. The number of nitrogens with zero attached hydrogens (tertiary/aromatic N) is 3. The molecule has 2 aromatic rings. The average Bonchev–Trinajstić information content (AvgIpc) is 2.76. The van der Waals surface area contributed by atoms with Crippen LogP contribution in [-0.2, 0) is 20.1 Å². The summed E-state index contributed by atoms with van der Waals surface area (Å²) in [6, 6.07) is 0. The third kappa shape index (κ3) is 2.78. The van der Waals surface area contributed by atoms with Crippen LogP contribution in [0.3, 0.4) is 0 Å². The van der Waals surface area contributed by atoms with E-state index in [4.69, 9.17) is 0 Å². The normalized spacial score (nSPS) is 11.1. The molecule has 0 aliphatic carbocycles. The molecule has 0 atom stereocenters. The molecule has 2 heterocycles. The first kappa shape index (κ1) is 16.5. The van der Waals surface area contributed by atoms with Crippen LogP contribution in [0.25, 0.3) is 11.2 Å². The highest BCUT2D eigenvalue weighted by Gasteiger charge is 2.15. The summed E-state index contributed by atoms with van der Waals surface area (Å²) >= 11 is 0. The topological polar surface area (TPSA) is 84.7 Å². The van der Waals surface area contributed by atoms with Crippen molar-refractivity contribution in [3.63, 3.8) is 0 Å². The Morgan fingerprint density at radius 1 is 1.35 bits per heavy atom. The van der Waals surface area contributed by atoms with Gasteiger partial charge in [-0.15, -0.1) is 12.4 Å².